The Balaban J connectivity index is 2.02. The van der Waals surface area contributed by atoms with Crippen molar-refractivity contribution in [1.82, 2.24) is 19.6 Å². The van der Waals surface area contributed by atoms with Crippen LogP contribution < -0.4 is 5.32 Å². The van der Waals surface area contributed by atoms with Crippen LogP contribution in [-0.2, 0) is 18.4 Å². The molecular formula is C13H18BrN5O. The number of aromatic nitrogens is 4. The average Bonchev–Trinajstić information content (AvgIpc) is 2.89. The fourth-order valence-corrected chi connectivity index (χ4v) is 2.21. The van der Waals surface area contributed by atoms with Crippen molar-refractivity contribution >= 4 is 27.7 Å². The van der Waals surface area contributed by atoms with Crippen LogP contribution in [0.15, 0.2) is 16.7 Å². The van der Waals surface area contributed by atoms with Crippen LogP contribution in [0.2, 0.25) is 0 Å². The summed E-state index contributed by atoms with van der Waals surface area (Å²) in [6.45, 7) is 6.33. The number of hydrogen-bond donors (Lipinski definition) is 1. The van der Waals surface area contributed by atoms with Crippen molar-refractivity contribution in [2.45, 2.75) is 27.3 Å². The second-order valence-corrected chi connectivity index (χ2v) is 5.72. The Labute approximate surface area is 126 Å². The Bertz CT molecular complexity index is 631. The highest BCUT2D eigenvalue weighted by Gasteiger charge is 2.17. The van der Waals surface area contributed by atoms with Gasteiger partial charge in [0.1, 0.15) is 0 Å². The van der Waals surface area contributed by atoms with Crippen LogP contribution in [0, 0.1) is 19.8 Å². The molecule has 0 fully saturated rings. The number of carbonyl (C=O) groups excluding carboxylic acids is 1. The van der Waals surface area contributed by atoms with E-state index in [0.29, 0.717) is 12.4 Å². The van der Waals surface area contributed by atoms with Crippen molar-refractivity contribution < 1.29 is 4.79 Å². The molecule has 1 amide bonds. The van der Waals surface area contributed by atoms with Gasteiger partial charge in [0, 0.05) is 25.0 Å². The third kappa shape index (κ3) is 3.09. The summed E-state index contributed by atoms with van der Waals surface area (Å²) in [6.07, 6.45) is 1.79. The maximum Gasteiger partial charge on any atom is 0.230 e. The van der Waals surface area contributed by atoms with E-state index in [-0.39, 0.29) is 11.8 Å². The van der Waals surface area contributed by atoms with Crippen LogP contribution in [-0.4, -0.2) is 25.5 Å². The smallest absolute Gasteiger partial charge is 0.230 e. The SMILES string of the molecule is Cc1nn(CC(C)C(=O)Nc2ccn(C)n2)c(C)c1Br. The highest BCUT2D eigenvalue weighted by molar-refractivity contribution is 9.10. The molecule has 0 spiro atoms. The maximum atomic E-state index is 12.1. The van der Waals surface area contributed by atoms with Crippen LogP contribution in [0.25, 0.3) is 0 Å². The highest BCUT2D eigenvalue weighted by atomic mass is 79.9. The molecule has 0 aliphatic heterocycles. The first kappa shape index (κ1) is 14.8. The summed E-state index contributed by atoms with van der Waals surface area (Å²) >= 11 is 3.49. The molecule has 2 aromatic heterocycles. The second-order valence-electron chi connectivity index (χ2n) is 4.93. The molecule has 0 aliphatic carbocycles. The van der Waals surface area contributed by atoms with E-state index in [0.717, 1.165) is 15.9 Å². The molecule has 2 heterocycles. The van der Waals surface area contributed by atoms with Crippen LogP contribution >= 0.6 is 15.9 Å². The topological polar surface area (TPSA) is 64.7 Å². The van der Waals surface area contributed by atoms with Gasteiger partial charge in [0.2, 0.25) is 5.91 Å². The van der Waals surface area contributed by atoms with Crippen molar-refractivity contribution in [3.05, 3.63) is 28.1 Å². The summed E-state index contributed by atoms with van der Waals surface area (Å²) in [6, 6.07) is 1.77. The summed E-state index contributed by atoms with van der Waals surface area (Å²) in [5, 5.41) is 11.3. The van der Waals surface area contributed by atoms with Crippen LogP contribution in [0.1, 0.15) is 18.3 Å². The molecule has 0 bridgehead atoms. The number of aryl methyl sites for hydroxylation is 2. The largest absolute Gasteiger partial charge is 0.309 e. The molecule has 0 aromatic carbocycles. The predicted octanol–water partition coefficient (Wildman–Crippen LogP) is 2.27. The fraction of sp³-hybridized carbons (Fsp3) is 0.462. The van der Waals surface area contributed by atoms with Crippen molar-refractivity contribution in [1.29, 1.82) is 0 Å². The zero-order valence-corrected chi connectivity index (χ0v) is 13.6. The lowest BCUT2D eigenvalue weighted by atomic mass is 10.1. The van der Waals surface area contributed by atoms with E-state index in [1.54, 1.807) is 16.9 Å². The van der Waals surface area contributed by atoms with Gasteiger partial charge in [-0.3, -0.25) is 14.2 Å². The van der Waals surface area contributed by atoms with Crippen LogP contribution in [0.4, 0.5) is 5.82 Å². The fourth-order valence-electron chi connectivity index (χ4n) is 1.93. The summed E-state index contributed by atoms with van der Waals surface area (Å²) in [5.41, 5.74) is 1.96. The number of rotatable bonds is 4. The zero-order valence-electron chi connectivity index (χ0n) is 12.0. The van der Waals surface area contributed by atoms with E-state index in [9.17, 15) is 4.79 Å². The first-order valence-electron chi connectivity index (χ1n) is 6.38. The lowest BCUT2D eigenvalue weighted by Gasteiger charge is -2.12. The summed E-state index contributed by atoms with van der Waals surface area (Å²) in [4.78, 5) is 12.1. The van der Waals surface area contributed by atoms with Gasteiger partial charge < -0.3 is 5.32 Å². The number of carbonyl (C=O) groups is 1. The van der Waals surface area contributed by atoms with Gasteiger partial charge in [0.25, 0.3) is 0 Å². The molecule has 7 heteroatoms. The molecule has 1 N–H and O–H groups in total. The van der Waals surface area contributed by atoms with Gasteiger partial charge in [-0.25, -0.2) is 0 Å². The number of anilines is 1. The summed E-state index contributed by atoms with van der Waals surface area (Å²) < 4.78 is 4.50. The molecule has 2 rings (SSSR count). The van der Waals surface area contributed by atoms with Crippen molar-refractivity contribution in [2.75, 3.05) is 5.32 Å². The molecule has 0 saturated carbocycles. The van der Waals surface area contributed by atoms with Crippen molar-refractivity contribution in [2.24, 2.45) is 13.0 Å². The Kier molecular flexibility index (Phi) is 4.27. The first-order valence-corrected chi connectivity index (χ1v) is 7.17. The number of nitrogens with one attached hydrogen (secondary N) is 1. The molecule has 108 valence electrons. The third-order valence-corrected chi connectivity index (χ3v) is 4.30. The van der Waals surface area contributed by atoms with Crippen molar-refractivity contribution in [3.8, 4) is 0 Å². The normalized spacial score (nSPS) is 12.4. The standard InChI is InChI=1S/C13H18BrN5O/c1-8(7-19-10(3)12(14)9(2)16-19)13(20)15-11-5-6-18(4)17-11/h5-6,8H,7H2,1-4H3,(H,15,17,20). The maximum absolute atomic E-state index is 12.1. The predicted molar refractivity (Wildman–Crippen MR) is 80.4 cm³/mol. The summed E-state index contributed by atoms with van der Waals surface area (Å²) in [7, 11) is 1.81. The molecule has 0 aliphatic rings. The van der Waals surface area contributed by atoms with Gasteiger partial charge in [-0.05, 0) is 29.8 Å². The lowest BCUT2D eigenvalue weighted by molar-refractivity contribution is -0.119. The molecule has 6 nitrogen and oxygen atoms in total. The van der Waals surface area contributed by atoms with Gasteiger partial charge >= 0.3 is 0 Å². The molecule has 0 saturated heterocycles. The van der Waals surface area contributed by atoms with E-state index in [4.69, 9.17) is 0 Å². The number of nitrogens with zero attached hydrogens (tertiary/aromatic N) is 4. The highest BCUT2D eigenvalue weighted by Crippen LogP contribution is 2.20. The Morgan fingerprint density at radius 2 is 2.15 bits per heavy atom. The van der Waals surface area contributed by atoms with Gasteiger partial charge in [-0.1, -0.05) is 6.92 Å². The van der Waals surface area contributed by atoms with Gasteiger partial charge in [0.15, 0.2) is 5.82 Å². The molecule has 1 unspecified atom stereocenters. The first-order chi connectivity index (χ1) is 9.38. The minimum absolute atomic E-state index is 0.0626. The van der Waals surface area contributed by atoms with E-state index in [2.05, 4.69) is 31.4 Å². The average molecular weight is 340 g/mol. The summed E-state index contributed by atoms with van der Waals surface area (Å²) in [5.74, 6) is 0.313. The molecule has 2 aromatic rings. The van der Waals surface area contributed by atoms with E-state index in [1.807, 2.05) is 32.5 Å². The minimum Gasteiger partial charge on any atom is -0.309 e. The number of halogens is 1. The third-order valence-electron chi connectivity index (χ3n) is 3.15. The van der Waals surface area contributed by atoms with Gasteiger partial charge in [-0.2, -0.15) is 10.2 Å². The van der Waals surface area contributed by atoms with Gasteiger partial charge in [-0.15, -0.1) is 0 Å². The minimum atomic E-state index is -0.193. The quantitative estimate of drug-likeness (QED) is 0.929. The van der Waals surface area contributed by atoms with Gasteiger partial charge in [0.05, 0.1) is 22.6 Å². The van der Waals surface area contributed by atoms with Crippen LogP contribution in [0.5, 0.6) is 0 Å². The van der Waals surface area contributed by atoms with Crippen LogP contribution in [0.3, 0.4) is 0 Å². The Hall–Kier alpha value is -1.63. The lowest BCUT2D eigenvalue weighted by Crippen LogP contribution is -2.25. The number of hydrogen-bond acceptors (Lipinski definition) is 3. The monoisotopic (exact) mass is 339 g/mol. The van der Waals surface area contributed by atoms with E-state index in [1.165, 1.54) is 0 Å². The number of amides is 1. The van der Waals surface area contributed by atoms with Crippen molar-refractivity contribution in [3.63, 3.8) is 0 Å². The van der Waals surface area contributed by atoms with E-state index >= 15 is 0 Å². The van der Waals surface area contributed by atoms with E-state index < -0.39 is 0 Å². The second kappa shape index (κ2) is 5.78. The zero-order chi connectivity index (χ0) is 14.9. The molecular weight excluding hydrogens is 322 g/mol. The molecule has 0 radical (unpaired) electrons. The molecule has 20 heavy (non-hydrogen) atoms. The Morgan fingerprint density at radius 1 is 1.45 bits per heavy atom. The molecule has 1 atom stereocenters. The Morgan fingerprint density at radius 3 is 2.65 bits per heavy atom.